The highest BCUT2D eigenvalue weighted by Crippen LogP contribution is 2.33. The molecule has 3 aromatic rings. The number of halogens is 2. The molecule has 0 unspecified atom stereocenters. The smallest absolute Gasteiger partial charge is 0.266 e. The van der Waals surface area contributed by atoms with Crippen LogP contribution >= 0.6 is 27.5 Å². The molecule has 0 bridgehead atoms. The van der Waals surface area contributed by atoms with Gasteiger partial charge in [-0.1, -0.05) is 45.7 Å². The first kappa shape index (κ1) is 23.4. The van der Waals surface area contributed by atoms with E-state index in [1.54, 1.807) is 50.6 Å². The number of hydrogen-bond donors (Lipinski definition) is 1. The molecule has 0 spiro atoms. The van der Waals surface area contributed by atoms with Crippen LogP contribution in [-0.2, 0) is 11.2 Å². The van der Waals surface area contributed by atoms with Gasteiger partial charge in [-0.3, -0.25) is 4.79 Å². The summed E-state index contributed by atoms with van der Waals surface area (Å²) in [7, 11) is 3.12. The third-order valence-corrected chi connectivity index (χ3v) is 5.86. The van der Waals surface area contributed by atoms with Gasteiger partial charge in [-0.25, -0.2) is 0 Å². The van der Waals surface area contributed by atoms with E-state index in [1.165, 1.54) is 6.08 Å². The minimum absolute atomic E-state index is 0.0579. The van der Waals surface area contributed by atoms with Crippen LogP contribution in [0.4, 0.5) is 5.69 Å². The Morgan fingerprint density at radius 2 is 1.84 bits per heavy atom. The summed E-state index contributed by atoms with van der Waals surface area (Å²) in [5, 5.41) is 12.7. The van der Waals surface area contributed by atoms with Crippen molar-refractivity contribution < 1.29 is 14.3 Å². The SMILES string of the molecule is COc1ccc(NC(=O)/C(C#N)=C/c2cc(Cl)c(Cc3ccccc3Br)c(OC)c2)cc1. The number of nitriles is 1. The molecule has 0 aromatic heterocycles. The number of anilines is 1. The average molecular weight is 512 g/mol. The van der Waals surface area contributed by atoms with Crippen LogP contribution < -0.4 is 14.8 Å². The molecule has 3 rings (SSSR count). The predicted molar refractivity (Wildman–Crippen MR) is 130 cm³/mol. The minimum Gasteiger partial charge on any atom is -0.497 e. The molecule has 162 valence electrons. The normalized spacial score (nSPS) is 10.9. The van der Waals surface area contributed by atoms with Crippen molar-refractivity contribution >= 4 is 45.2 Å². The molecule has 0 saturated carbocycles. The number of ether oxygens (including phenoxy) is 2. The summed E-state index contributed by atoms with van der Waals surface area (Å²) in [5.41, 5.74) is 2.96. The summed E-state index contributed by atoms with van der Waals surface area (Å²) in [5.74, 6) is 0.723. The molecule has 0 atom stereocenters. The highest BCUT2D eigenvalue weighted by atomic mass is 79.9. The Morgan fingerprint density at radius 1 is 1.12 bits per heavy atom. The first-order valence-electron chi connectivity index (χ1n) is 9.62. The van der Waals surface area contributed by atoms with Crippen molar-refractivity contribution in [1.29, 1.82) is 5.26 Å². The molecule has 0 aliphatic carbocycles. The van der Waals surface area contributed by atoms with Crippen molar-refractivity contribution in [2.45, 2.75) is 6.42 Å². The molecule has 3 aromatic carbocycles. The fraction of sp³-hybridized carbons (Fsp3) is 0.120. The molecule has 32 heavy (non-hydrogen) atoms. The highest BCUT2D eigenvalue weighted by molar-refractivity contribution is 9.10. The molecule has 0 aliphatic heterocycles. The lowest BCUT2D eigenvalue weighted by Gasteiger charge is -2.13. The van der Waals surface area contributed by atoms with Crippen molar-refractivity contribution in [2.75, 3.05) is 19.5 Å². The van der Waals surface area contributed by atoms with Gasteiger partial charge in [0, 0.05) is 27.2 Å². The summed E-state index contributed by atoms with van der Waals surface area (Å²) in [6, 6.07) is 20.1. The third-order valence-electron chi connectivity index (χ3n) is 4.75. The van der Waals surface area contributed by atoms with Crippen molar-refractivity contribution in [1.82, 2.24) is 0 Å². The number of rotatable bonds is 7. The van der Waals surface area contributed by atoms with Crippen molar-refractivity contribution in [3.8, 4) is 17.6 Å². The fourth-order valence-electron chi connectivity index (χ4n) is 3.09. The van der Waals surface area contributed by atoms with Crippen LogP contribution in [-0.4, -0.2) is 20.1 Å². The Bertz CT molecular complexity index is 1200. The second-order valence-corrected chi connectivity index (χ2v) is 8.07. The van der Waals surface area contributed by atoms with E-state index in [4.69, 9.17) is 21.1 Å². The third kappa shape index (κ3) is 5.70. The maximum atomic E-state index is 12.6. The Kier molecular flexibility index (Phi) is 7.93. The molecule has 1 amide bonds. The molecule has 5 nitrogen and oxygen atoms in total. The van der Waals surface area contributed by atoms with Gasteiger partial charge in [-0.2, -0.15) is 5.26 Å². The standard InChI is InChI=1S/C25H20BrClN2O3/c1-31-20-9-7-19(8-10-20)29-25(30)18(15-28)11-16-12-23(27)21(24(13-16)32-2)14-17-5-3-4-6-22(17)26/h3-13H,14H2,1-2H3,(H,29,30)/b18-11+. The predicted octanol–water partition coefficient (Wildman–Crippen LogP) is 6.26. The van der Waals surface area contributed by atoms with Crippen LogP contribution in [0.5, 0.6) is 11.5 Å². The number of hydrogen-bond acceptors (Lipinski definition) is 4. The van der Waals surface area contributed by atoms with Crippen LogP contribution in [0.15, 0.2) is 70.7 Å². The number of nitrogens with one attached hydrogen (secondary N) is 1. The minimum atomic E-state index is -0.523. The number of benzene rings is 3. The van der Waals surface area contributed by atoms with E-state index in [0.717, 1.165) is 15.6 Å². The van der Waals surface area contributed by atoms with Crippen molar-refractivity contribution in [2.24, 2.45) is 0 Å². The van der Waals surface area contributed by atoms with E-state index in [2.05, 4.69) is 21.2 Å². The van der Waals surface area contributed by atoms with Gasteiger partial charge in [0.05, 0.1) is 14.2 Å². The summed E-state index contributed by atoms with van der Waals surface area (Å²) in [4.78, 5) is 12.6. The Labute approximate surface area is 200 Å². The highest BCUT2D eigenvalue weighted by Gasteiger charge is 2.15. The van der Waals surface area contributed by atoms with Gasteiger partial charge in [0.15, 0.2) is 0 Å². The zero-order valence-corrected chi connectivity index (χ0v) is 19.8. The fourth-order valence-corrected chi connectivity index (χ4v) is 3.80. The van der Waals surface area contributed by atoms with Crippen LogP contribution in [0.1, 0.15) is 16.7 Å². The number of carbonyl (C=O) groups excluding carboxylic acids is 1. The summed E-state index contributed by atoms with van der Waals surface area (Å²) < 4.78 is 11.6. The Hall–Kier alpha value is -3.27. The van der Waals surface area contributed by atoms with Gasteiger partial charge in [0.1, 0.15) is 23.1 Å². The first-order valence-corrected chi connectivity index (χ1v) is 10.8. The molecule has 0 heterocycles. The van der Waals surface area contributed by atoms with Crippen LogP contribution in [0.3, 0.4) is 0 Å². The van der Waals surface area contributed by atoms with Crippen molar-refractivity contribution in [3.05, 3.63) is 92.4 Å². The Balaban J connectivity index is 1.87. The van der Waals surface area contributed by atoms with Crippen LogP contribution in [0.2, 0.25) is 5.02 Å². The molecule has 7 heteroatoms. The first-order chi connectivity index (χ1) is 15.4. The van der Waals surface area contributed by atoms with Gasteiger partial charge in [0.2, 0.25) is 0 Å². The van der Waals surface area contributed by atoms with Gasteiger partial charge in [-0.15, -0.1) is 0 Å². The van der Waals surface area contributed by atoms with Gasteiger partial charge >= 0.3 is 0 Å². The zero-order chi connectivity index (χ0) is 23.1. The maximum absolute atomic E-state index is 12.6. The second-order valence-electron chi connectivity index (χ2n) is 6.80. The van der Waals surface area contributed by atoms with E-state index in [9.17, 15) is 10.1 Å². The quantitative estimate of drug-likeness (QED) is 0.300. The molecular weight excluding hydrogens is 492 g/mol. The maximum Gasteiger partial charge on any atom is 0.266 e. The number of carbonyl (C=O) groups is 1. The monoisotopic (exact) mass is 510 g/mol. The topological polar surface area (TPSA) is 71.3 Å². The molecule has 0 fully saturated rings. The van der Waals surface area contributed by atoms with E-state index in [-0.39, 0.29) is 5.57 Å². The molecule has 0 aliphatic rings. The lowest BCUT2D eigenvalue weighted by molar-refractivity contribution is -0.112. The van der Waals surface area contributed by atoms with Crippen molar-refractivity contribution in [3.63, 3.8) is 0 Å². The van der Waals surface area contributed by atoms with E-state index in [0.29, 0.717) is 34.2 Å². The van der Waals surface area contributed by atoms with Gasteiger partial charge in [0.25, 0.3) is 5.91 Å². The lowest BCUT2D eigenvalue weighted by Crippen LogP contribution is -2.13. The molecule has 1 N–H and O–H groups in total. The van der Waals surface area contributed by atoms with Gasteiger partial charge < -0.3 is 14.8 Å². The molecular formula is C25H20BrClN2O3. The summed E-state index contributed by atoms with van der Waals surface area (Å²) >= 11 is 10.1. The molecule has 0 saturated heterocycles. The number of methoxy groups -OCH3 is 2. The van der Waals surface area contributed by atoms with E-state index >= 15 is 0 Å². The average Bonchev–Trinajstić information content (AvgIpc) is 2.80. The summed E-state index contributed by atoms with van der Waals surface area (Å²) in [6.07, 6.45) is 2.05. The number of amides is 1. The summed E-state index contributed by atoms with van der Waals surface area (Å²) in [6.45, 7) is 0. The largest absolute Gasteiger partial charge is 0.497 e. The van der Waals surface area contributed by atoms with Gasteiger partial charge in [-0.05, 0) is 59.7 Å². The van der Waals surface area contributed by atoms with Crippen LogP contribution in [0.25, 0.3) is 6.08 Å². The number of nitrogens with zero attached hydrogens (tertiary/aromatic N) is 1. The second kappa shape index (κ2) is 10.9. The van der Waals surface area contributed by atoms with Crippen LogP contribution in [0, 0.1) is 11.3 Å². The molecule has 0 radical (unpaired) electrons. The Morgan fingerprint density at radius 3 is 2.47 bits per heavy atom. The van der Waals surface area contributed by atoms with E-state index in [1.807, 2.05) is 30.3 Å². The van der Waals surface area contributed by atoms with E-state index < -0.39 is 5.91 Å². The zero-order valence-electron chi connectivity index (χ0n) is 17.5. The lowest BCUT2D eigenvalue weighted by atomic mass is 10.0.